The molecule has 1 aromatic carbocycles. The molecule has 0 bridgehead atoms. The minimum Gasteiger partial charge on any atom is -0.409 e. The maximum absolute atomic E-state index is 11.6. The van der Waals surface area contributed by atoms with Crippen LogP contribution in [0.15, 0.2) is 35.5 Å². The second kappa shape index (κ2) is 9.80. The smallest absolute Gasteiger partial charge is 0.234 e. The van der Waals surface area contributed by atoms with Crippen LogP contribution in [0.25, 0.3) is 0 Å². The van der Waals surface area contributed by atoms with Crippen molar-refractivity contribution in [1.29, 1.82) is 0 Å². The number of nitrogens with two attached hydrogens (primary N) is 1. The Bertz CT molecular complexity index is 420. The molecule has 0 heterocycles. The van der Waals surface area contributed by atoms with E-state index in [1.165, 1.54) is 0 Å². The summed E-state index contributed by atoms with van der Waals surface area (Å²) in [5, 5.41) is 17.2. The molecule has 0 radical (unpaired) electrons. The number of amides is 1. The van der Waals surface area contributed by atoms with E-state index in [1.807, 2.05) is 30.3 Å². The Morgan fingerprint density at radius 1 is 1.25 bits per heavy atom. The van der Waals surface area contributed by atoms with Gasteiger partial charge in [-0.15, -0.1) is 0 Å². The lowest BCUT2D eigenvalue weighted by atomic mass is 10.2. The molecular weight excluding hydrogens is 256 g/mol. The van der Waals surface area contributed by atoms with Gasteiger partial charge in [0.05, 0.1) is 6.54 Å². The molecule has 0 aliphatic heterocycles. The molecule has 20 heavy (non-hydrogen) atoms. The van der Waals surface area contributed by atoms with Crippen molar-refractivity contribution in [3.63, 3.8) is 0 Å². The van der Waals surface area contributed by atoms with Crippen molar-refractivity contribution in [2.45, 2.75) is 25.8 Å². The Hall–Kier alpha value is -2.08. The Morgan fingerprint density at radius 2 is 2.00 bits per heavy atom. The molecule has 0 spiro atoms. The average Bonchev–Trinajstić information content (AvgIpc) is 2.49. The number of oxime groups is 1. The maximum Gasteiger partial charge on any atom is 0.234 e. The molecule has 110 valence electrons. The van der Waals surface area contributed by atoms with Crippen LogP contribution in [-0.2, 0) is 11.3 Å². The molecular formula is C14H22N4O2. The van der Waals surface area contributed by atoms with Crippen LogP contribution in [0.1, 0.15) is 24.8 Å². The van der Waals surface area contributed by atoms with Gasteiger partial charge in [-0.2, -0.15) is 0 Å². The van der Waals surface area contributed by atoms with Gasteiger partial charge < -0.3 is 21.6 Å². The highest BCUT2D eigenvalue weighted by molar-refractivity contribution is 5.79. The third kappa shape index (κ3) is 7.38. The Kier molecular flexibility index (Phi) is 7.83. The van der Waals surface area contributed by atoms with Gasteiger partial charge >= 0.3 is 0 Å². The van der Waals surface area contributed by atoms with E-state index < -0.39 is 0 Å². The number of amidine groups is 1. The first-order chi connectivity index (χ1) is 9.72. The topological polar surface area (TPSA) is 99.7 Å². The summed E-state index contributed by atoms with van der Waals surface area (Å²) in [7, 11) is 0. The monoisotopic (exact) mass is 278 g/mol. The van der Waals surface area contributed by atoms with E-state index in [-0.39, 0.29) is 11.7 Å². The molecule has 1 rings (SSSR count). The molecule has 5 N–H and O–H groups in total. The van der Waals surface area contributed by atoms with Crippen molar-refractivity contribution in [1.82, 2.24) is 10.6 Å². The van der Waals surface area contributed by atoms with Crippen LogP contribution in [0.5, 0.6) is 0 Å². The number of benzene rings is 1. The van der Waals surface area contributed by atoms with Crippen LogP contribution in [0, 0.1) is 0 Å². The minimum atomic E-state index is -0.0229. The second-order valence-corrected chi connectivity index (χ2v) is 4.49. The van der Waals surface area contributed by atoms with Crippen LogP contribution in [0.2, 0.25) is 0 Å². The molecule has 0 unspecified atom stereocenters. The van der Waals surface area contributed by atoms with Crippen LogP contribution < -0.4 is 16.4 Å². The predicted molar refractivity (Wildman–Crippen MR) is 78.4 cm³/mol. The number of nitrogens with one attached hydrogen (secondary N) is 2. The van der Waals surface area contributed by atoms with E-state index in [9.17, 15) is 4.79 Å². The van der Waals surface area contributed by atoms with Crippen molar-refractivity contribution in [3.05, 3.63) is 35.9 Å². The molecule has 0 fully saturated rings. The first-order valence-corrected chi connectivity index (χ1v) is 6.70. The van der Waals surface area contributed by atoms with Gasteiger partial charge in [0.2, 0.25) is 5.91 Å². The zero-order chi connectivity index (χ0) is 14.6. The van der Waals surface area contributed by atoms with Gasteiger partial charge in [-0.3, -0.25) is 4.79 Å². The molecule has 1 aromatic rings. The van der Waals surface area contributed by atoms with Crippen molar-refractivity contribution in [2.24, 2.45) is 10.9 Å². The van der Waals surface area contributed by atoms with Crippen molar-refractivity contribution in [3.8, 4) is 0 Å². The Morgan fingerprint density at radius 3 is 2.70 bits per heavy atom. The number of carbonyl (C=O) groups is 1. The number of hydrogen-bond acceptors (Lipinski definition) is 4. The van der Waals surface area contributed by atoms with Gasteiger partial charge in [0.15, 0.2) is 0 Å². The normalized spacial score (nSPS) is 11.3. The fourth-order valence-electron chi connectivity index (χ4n) is 1.67. The van der Waals surface area contributed by atoms with Gasteiger partial charge in [0.1, 0.15) is 5.84 Å². The average molecular weight is 278 g/mol. The fourth-order valence-corrected chi connectivity index (χ4v) is 1.67. The van der Waals surface area contributed by atoms with Gasteiger partial charge in [-0.05, 0) is 24.9 Å². The van der Waals surface area contributed by atoms with Crippen molar-refractivity contribution < 1.29 is 10.0 Å². The number of rotatable bonds is 9. The molecule has 0 aromatic heterocycles. The van der Waals surface area contributed by atoms with E-state index in [4.69, 9.17) is 10.9 Å². The lowest BCUT2D eigenvalue weighted by molar-refractivity contribution is -0.120. The van der Waals surface area contributed by atoms with Crippen LogP contribution in [-0.4, -0.2) is 30.0 Å². The molecule has 6 heteroatoms. The van der Waals surface area contributed by atoms with Gasteiger partial charge in [0.25, 0.3) is 0 Å². The quantitative estimate of drug-likeness (QED) is 0.176. The minimum absolute atomic E-state index is 0.0229. The first-order valence-electron chi connectivity index (χ1n) is 6.70. The zero-order valence-corrected chi connectivity index (χ0v) is 11.5. The number of unbranched alkanes of at least 4 members (excludes halogenated alkanes) is 1. The Labute approximate surface area is 119 Å². The molecule has 1 amide bonds. The molecule has 0 saturated carbocycles. The molecule has 0 atom stereocenters. The summed E-state index contributed by atoms with van der Waals surface area (Å²) >= 11 is 0. The van der Waals surface area contributed by atoms with Crippen molar-refractivity contribution in [2.75, 3.05) is 13.1 Å². The highest BCUT2D eigenvalue weighted by atomic mass is 16.4. The summed E-state index contributed by atoms with van der Waals surface area (Å²) < 4.78 is 0. The summed E-state index contributed by atoms with van der Waals surface area (Å²) in [6.07, 6.45) is 2.27. The summed E-state index contributed by atoms with van der Waals surface area (Å²) in [6.45, 7) is 1.58. The van der Waals surface area contributed by atoms with E-state index in [1.54, 1.807) is 0 Å². The van der Waals surface area contributed by atoms with Gasteiger partial charge in [0, 0.05) is 13.0 Å². The standard InChI is InChI=1S/C14H22N4O2/c15-13(18-20)8-4-5-9-16-11-14(19)17-10-12-6-2-1-3-7-12/h1-3,6-7,16,20H,4-5,8-11H2,(H2,15,18)(H,17,19). The van der Waals surface area contributed by atoms with Gasteiger partial charge in [-0.25, -0.2) is 0 Å². The summed E-state index contributed by atoms with van der Waals surface area (Å²) in [5.74, 6) is 0.218. The van der Waals surface area contributed by atoms with Crippen LogP contribution in [0.4, 0.5) is 0 Å². The third-order valence-electron chi connectivity index (χ3n) is 2.78. The zero-order valence-electron chi connectivity index (χ0n) is 11.5. The van der Waals surface area contributed by atoms with Crippen LogP contribution >= 0.6 is 0 Å². The third-order valence-corrected chi connectivity index (χ3v) is 2.78. The number of nitrogens with zero attached hydrogens (tertiary/aromatic N) is 1. The number of carbonyl (C=O) groups excluding carboxylic acids is 1. The molecule has 0 aliphatic rings. The van der Waals surface area contributed by atoms with Crippen molar-refractivity contribution >= 4 is 11.7 Å². The van der Waals surface area contributed by atoms with E-state index in [0.717, 1.165) is 24.9 Å². The second-order valence-electron chi connectivity index (χ2n) is 4.49. The van der Waals surface area contributed by atoms with E-state index >= 15 is 0 Å². The fraction of sp³-hybridized carbons (Fsp3) is 0.429. The SMILES string of the molecule is NC(CCCCNCC(=O)NCc1ccccc1)=NO. The molecule has 0 aliphatic carbocycles. The lowest BCUT2D eigenvalue weighted by Gasteiger charge is -2.06. The highest BCUT2D eigenvalue weighted by Gasteiger charge is 2.00. The summed E-state index contributed by atoms with van der Waals surface area (Å²) in [6, 6.07) is 9.78. The number of hydrogen-bond donors (Lipinski definition) is 4. The molecule has 0 saturated heterocycles. The van der Waals surface area contributed by atoms with E-state index in [2.05, 4.69) is 15.8 Å². The van der Waals surface area contributed by atoms with Crippen LogP contribution in [0.3, 0.4) is 0 Å². The Balaban J connectivity index is 2.00. The largest absolute Gasteiger partial charge is 0.409 e. The first kappa shape index (κ1) is 16.0. The lowest BCUT2D eigenvalue weighted by Crippen LogP contribution is -2.33. The highest BCUT2D eigenvalue weighted by Crippen LogP contribution is 1.97. The maximum atomic E-state index is 11.6. The summed E-state index contributed by atoms with van der Waals surface area (Å²) in [5.41, 5.74) is 6.43. The van der Waals surface area contributed by atoms with E-state index in [0.29, 0.717) is 19.5 Å². The molecule has 6 nitrogen and oxygen atoms in total. The summed E-state index contributed by atoms with van der Waals surface area (Å²) in [4.78, 5) is 11.6. The predicted octanol–water partition coefficient (Wildman–Crippen LogP) is 0.809. The van der Waals surface area contributed by atoms with Gasteiger partial charge in [-0.1, -0.05) is 35.5 Å².